The molecule has 4 aromatic rings. The van der Waals surface area contributed by atoms with Gasteiger partial charge in [0.05, 0.1) is 5.52 Å². The van der Waals surface area contributed by atoms with Crippen LogP contribution in [0.5, 0.6) is 0 Å². The first-order chi connectivity index (χ1) is 12.0. The number of aryl methyl sites for hydroxylation is 1. The Morgan fingerprint density at radius 2 is 2.08 bits per heavy atom. The molecule has 3 aromatic heterocycles. The maximum atomic E-state index is 13.3. The molecule has 1 aromatic carbocycles. The number of hydrogen-bond acceptors (Lipinski definition) is 5. The number of nitrogens with two attached hydrogens (primary N) is 1. The number of fused-ring (bicyclic) bond motifs is 2. The minimum absolute atomic E-state index is 0.0171. The highest BCUT2D eigenvalue weighted by molar-refractivity contribution is 7.90. The molecule has 6 nitrogen and oxygen atoms in total. The molecule has 0 radical (unpaired) electrons. The number of nitrogens with zero attached hydrogens (tertiary/aromatic N) is 3. The Balaban J connectivity index is 1.97. The average molecular weight is 395 g/mol. The number of halogens is 1. The van der Waals surface area contributed by atoms with Crippen LogP contribution in [0.4, 0.5) is 0 Å². The Hall–Kier alpha value is -1.87. The van der Waals surface area contributed by atoms with Crippen molar-refractivity contribution in [3.8, 4) is 0 Å². The van der Waals surface area contributed by atoms with E-state index in [9.17, 15) is 8.42 Å². The summed E-state index contributed by atoms with van der Waals surface area (Å²) in [5.41, 5.74) is 7.18. The van der Waals surface area contributed by atoms with Crippen molar-refractivity contribution in [2.24, 2.45) is 5.73 Å². The van der Waals surface area contributed by atoms with Crippen molar-refractivity contribution in [3.63, 3.8) is 0 Å². The molecule has 0 aliphatic rings. The molecular formula is C16H15ClN4O2S2. The van der Waals surface area contributed by atoms with Crippen molar-refractivity contribution in [2.45, 2.75) is 17.9 Å². The van der Waals surface area contributed by atoms with Crippen molar-refractivity contribution in [2.75, 3.05) is 6.54 Å². The van der Waals surface area contributed by atoms with E-state index in [1.54, 1.807) is 23.8 Å². The summed E-state index contributed by atoms with van der Waals surface area (Å²) in [7, 11) is -3.89. The van der Waals surface area contributed by atoms with E-state index >= 15 is 0 Å². The number of benzene rings is 1. The Morgan fingerprint density at radius 3 is 2.88 bits per heavy atom. The SMILES string of the molecule is NCCCc1cn(S(=O)(=O)c2c(Cl)nc3sccn23)c2ccccc12. The second-order valence-corrected chi connectivity index (χ2v) is 8.59. The molecule has 0 spiro atoms. The monoisotopic (exact) mass is 394 g/mol. The summed E-state index contributed by atoms with van der Waals surface area (Å²) in [6.07, 6.45) is 4.83. The molecule has 0 aliphatic heterocycles. The Morgan fingerprint density at radius 1 is 1.28 bits per heavy atom. The second-order valence-electron chi connectivity index (χ2n) is 5.63. The number of hydrogen-bond donors (Lipinski definition) is 1. The third kappa shape index (κ3) is 2.56. The Labute approximate surface area is 153 Å². The molecule has 0 unspecified atom stereocenters. The molecular weight excluding hydrogens is 380 g/mol. The molecule has 25 heavy (non-hydrogen) atoms. The van der Waals surface area contributed by atoms with Crippen molar-refractivity contribution in [1.29, 1.82) is 0 Å². The number of aromatic nitrogens is 3. The van der Waals surface area contributed by atoms with Gasteiger partial charge >= 0.3 is 0 Å². The first-order valence-electron chi connectivity index (χ1n) is 7.69. The van der Waals surface area contributed by atoms with E-state index in [0.29, 0.717) is 23.4 Å². The molecule has 130 valence electrons. The van der Waals surface area contributed by atoms with Gasteiger partial charge < -0.3 is 5.73 Å². The minimum Gasteiger partial charge on any atom is -0.330 e. The van der Waals surface area contributed by atoms with E-state index in [-0.39, 0.29) is 10.2 Å². The van der Waals surface area contributed by atoms with Crippen LogP contribution in [0.1, 0.15) is 12.0 Å². The molecule has 0 saturated heterocycles. The second kappa shape index (κ2) is 6.14. The molecule has 0 amide bonds. The van der Waals surface area contributed by atoms with E-state index in [0.717, 1.165) is 17.4 Å². The maximum Gasteiger partial charge on any atom is 0.287 e. The predicted molar refractivity (Wildman–Crippen MR) is 100.0 cm³/mol. The van der Waals surface area contributed by atoms with Crippen molar-refractivity contribution in [1.82, 2.24) is 13.4 Å². The van der Waals surface area contributed by atoms with Gasteiger partial charge in [0.25, 0.3) is 10.0 Å². The molecule has 2 N–H and O–H groups in total. The van der Waals surface area contributed by atoms with Crippen LogP contribution in [0.2, 0.25) is 5.15 Å². The van der Waals surface area contributed by atoms with Gasteiger partial charge in [-0.15, -0.1) is 11.3 Å². The maximum absolute atomic E-state index is 13.3. The lowest BCUT2D eigenvalue weighted by Crippen LogP contribution is -2.14. The topological polar surface area (TPSA) is 82.4 Å². The van der Waals surface area contributed by atoms with E-state index in [2.05, 4.69) is 4.98 Å². The summed E-state index contributed by atoms with van der Waals surface area (Å²) in [6.45, 7) is 0.552. The van der Waals surface area contributed by atoms with Gasteiger partial charge in [-0.25, -0.2) is 8.96 Å². The zero-order valence-electron chi connectivity index (χ0n) is 13.1. The zero-order chi connectivity index (χ0) is 17.6. The van der Waals surface area contributed by atoms with Crippen LogP contribution >= 0.6 is 22.9 Å². The van der Waals surface area contributed by atoms with E-state index in [1.165, 1.54) is 19.7 Å². The molecule has 0 saturated carbocycles. The highest BCUT2D eigenvalue weighted by Crippen LogP contribution is 2.31. The smallest absolute Gasteiger partial charge is 0.287 e. The van der Waals surface area contributed by atoms with Gasteiger partial charge in [-0.2, -0.15) is 8.42 Å². The van der Waals surface area contributed by atoms with Crippen molar-refractivity contribution < 1.29 is 8.42 Å². The highest BCUT2D eigenvalue weighted by Gasteiger charge is 2.28. The Kier molecular flexibility index (Phi) is 4.07. The van der Waals surface area contributed by atoms with E-state index < -0.39 is 10.0 Å². The van der Waals surface area contributed by atoms with Crippen LogP contribution in [-0.2, 0) is 16.4 Å². The van der Waals surface area contributed by atoms with Crippen LogP contribution in [-0.4, -0.2) is 28.3 Å². The normalized spacial score (nSPS) is 12.4. The van der Waals surface area contributed by atoms with Gasteiger partial charge in [0.1, 0.15) is 0 Å². The largest absolute Gasteiger partial charge is 0.330 e. The number of imidazole rings is 1. The molecule has 9 heteroatoms. The zero-order valence-corrected chi connectivity index (χ0v) is 15.5. The summed E-state index contributed by atoms with van der Waals surface area (Å²) in [5, 5.41) is 2.64. The summed E-state index contributed by atoms with van der Waals surface area (Å²) >= 11 is 7.48. The fourth-order valence-corrected chi connectivity index (χ4v) is 5.78. The van der Waals surface area contributed by atoms with Gasteiger partial charge in [0, 0.05) is 23.2 Å². The number of rotatable bonds is 5. The first-order valence-corrected chi connectivity index (χ1v) is 10.4. The molecule has 3 heterocycles. The number of para-hydroxylation sites is 1. The lowest BCUT2D eigenvalue weighted by molar-refractivity contribution is 0.584. The lowest BCUT2D eigenvalue weighted by Gasteiger charge is -2.06. The fraction of sp³-hybridized carbons (Fsp3) is 0.188. The van der Waals surface area contributed by atoms with Gasteiger partial charge in [-0.05, 0) is 31.0 Å². The quantitative estimate of drug-likeness (QED) is 0.563. The fourth-order valence-electron chi connectivity index (χ4n) is 2.97. The van der Waals surface area contributed by atoms with Gasteiger partial charge in [0.15, 0.2) is 10.1 Å². The summed E-state index contributed by atoms with van der Waals surface area (Å²) in [4.78, 5) is 4.68. The average Bonchev–Trinajstić information content (AvgIpc) is 3.25. The standard InChI is InChI=1S/C16H15ClN4O2S2/c17-14-15(20-8-9-24-16(20)19-14)25(22,23)21-10-11(4-3-7-18)12-5-1-2-6-13(12)21/h1-2,5-6,8-10H,3-4,7,18H2. The van der Waals surface area contributed by atoms with Gasteiger partial charge in [-0.1, -0.05) is 29.8 Å². The summed E-state index contributed by atoms with van der Waals surface area (Å²) in [6, 6.07) is 7.43. The van der Waals surface area contributed by atoms with E-state index in [1.807, 2.05) is 18.2 Å². The minimum atomic E-state index is -3.89. The summed E-state index contributed by atoms with van der Waals surface area (Å²) in [5.74, 6) is 0. The van der Waals surface area contributed by atoms with Crippen LogP contribution in [0.3, 0.4) is 0 Å². The van der Waals surface area contributed by atoms with Crippen LogP contribution in [0, 0.1) is 0 Å². The highest BCUT2D eigenvalue weighted by atomic mass is 35.5. The predicted octanol–water partition coefficient (Wildman–Crippen LogP) is 3.13. The molecule has 0 atom stereocenters. The number of thiazole rings is 1. The lowest BCUT2D eigenvalue weighted by atomic mass is 10.1. The van der Waals surface area contributed by atoms with Gasteiger partial charge in [0.2, 0.25) is 5.03 Å². The molecule has 0 aliphatic carbocycles. The third-order valence-electron chi connectivity index (χ3n) is 4.09. The molecule has 0 bridgehead atoms. The van der Waals surface area contributed by atoms with E-state index in [4.69, 9.17) is 17.3 Å². The molecule has 0 fully saturated rings. The van der Waals surface area contributed by atoms with Crippen molar-refractivity contribution in [3.05, 3.63) is 52.8 Å². The first kappa shape index (κ1) is 16.6. The van der Waals surface area contributed by atoms with Crippen LogP contribution in [0.25, 0.3) is 15.9 Å². The Bertz CT molecular complexity index is 1170. The van der Waals surface area contributed by atoms with Crippen molar-refractivity contribution >= 4 is 48.8 Å². The summed E-state index contributed by atoms with van der Waals surface area (Å²) < 4.78 is 29.5. The van der Waals surface area contributed by atoms with Gasteiger partial charge in [-0.3, -0.25) is 4.40 Å². The van der Waals surface area contributed by atoms with Crippen LogP contribution < -0.4 is 5.73 Å². The van der Waals surface area contributed by atoms with Crippen LogP contribution in [0.15, 0.2) is 47.1 Å². The molecule has 4 rings (SSSR count). The third-order valence-corrected chi connectivity index (χ3v) is 6.92.